The van der Waals surface area contributed by atoms with Crippen LogP contribution >= 0.6 is 0 Å². The van der Waals surface area contributed by atoms with Crippen molar-refractivity contribution < 1.29 is 27.0 Å². The molecule has 7 heteroatoms. The zero-order valence-electron chi connectivity index (χ0n) is 11.3. The van der Waals surface area contributed by atoms with Gasteiger partial charge in [0.15, 0.2) is 0 Å². The van der Waals surface area contributed by atoms with Gasteiger partial charge in [0.05, 0.1) is 25.9 Å². The lowest BCUT2D eigenvalue weighted by molar-refractivity contribution is -0.929. The summed E-state index contributed by atoms with van der Waals surface area (Å²) < 4.78 is 35.4. The summed E-state index contributed by atoms with van der Waals surface area (Å²) in [6.07, 6.45) is 0.288. The maximum Gasteiger partial charge on any atom is 0.337 e. The molecule has 0 aliphatic carbocycles. The van der Waals surface area contributed by atoms with Crippen molar-refractivity contribution in [2.24, 2.45) is 0 Å². The maximum atomic E-state index is 11.3. The molecule has 0 heterocycles. The van der Waals surface area contributed by atoms with Crippen molar-refractivity contribution >= 4 is 16.1 Å². The highest BCUT2D eigenvalue weighted by molar-refractivity contribution is 7.85. The Morgan fingerprint density at radius 1 is 1.44 bits per heavy atom. The fourth-order valence-electron chi connectivity index (χ4n) is 1.14. The van der Waals surface area contributed by atoms with Crippen LogP contribution < -0.4 is 0 Å². The summed E-state index contributed by atoms with van der Waals surface area (Å²) in [5.41, 5.74) is 0.320. The van der Waals surface area contributed by atoms with Crippen LogP contribution in [0.5, 0.6) is 0 Å². The number of hydrogen-bond donors (Lipinski definition) is 1. The van der Waals surface area contributed by atoms with E-state index in [9.17, 15) is 13.2 Å². The van der Waals surface area contributed by atoms with Gasteiger partial charge in [0.2, 0.25) is 6.73 Å². The van der Waals surface area contributed by atoms with Crippen LogP contribution in [0.3, 0.4) is 0 Å². The molecule has 0 fully saturated rings. The molecule has 0 saturated carbocycles. The highest BCUT2D eigenvalue weighted by Crippen LogP contribution is 2.12. The Labute approximate surface area is 109 Å². The summed E-state index contributed by atoms with van der Waals surface area (Å²) in [7, 11) is -0.316. The third-order valence-electron chi connectivity index (χ3n) is 2.86. The number of ether oxygens (including phenoxy) is 1. The van der Waals surface area contributed by atoms with Crippen LogP contribution in [-0.4, -0.2) is 56.0 Å². The Balaban J connectivity index is 4.35. The summed E-state index contributed by atoms with van der Waals surface area (Å²) in [5, 5.41) is 0. The van der Waals surface area contributed by atoms with Crippen molar-refractivity contribution in [1.82, 2.24) is 0 Å². The summed E-state index contributed by atoms with van der Waals surface area (Å²) in [6.45, 7) is 6.99. The van der Waals surface area contributed by atoms with Gasteiger partial charge in [-0.15, -0.1) is 0 Å². The van der Waals surface area contributed by atoms with E-state index in [0.717, 1.165) is 0 Å². The first-order valence-electron chi connectivity index (χ1n) is 5.56. The van der Waals surface area contributed by atoms with Gasteiger partial charge >= 0.3 is 5.97 Å². The summed E-state index contributed by atoms with van der Waals surface area (Å²) >= 11 is 0. The highest BCUT2D eigenvalue weighted by atomic mass is 32.2. The van der Waals surface area contributed by atoms with Gasteiger partial charge in [0.1, 0.15) is 0 Å². The van der Waals surface area contributed by atoms with Crippen LogP contribution in [0.4, 0.5) is 0 Å². The van der Waals surface area contributed by atoms with Gasteiger partial charge in [0.25, 0.3) is 10.1 Å². The second-order valence-corrected chi connectivity index (χ2v) is 6.62. The van der Waals surface area contributed by atoms with Crippen molar-refractivity contribution in [3.63, 3.8) is 0 Å². The second kappa shape index (κ2) is 6.31. The molecular formula is C11H22NO5S+. The zero-order chi connectivity index (χ0) is 14.6. The van der Waals surface area contributed by atoms with E-state index in [1.54, 1.807) is 6.92 Å². The predicted molar refractivity (Wildman–Crippen MR) is 68.4 cm³/mol. The van der Waals surface area contributed by atoms with Crippen LogP contribution in [0.15, 0.2) is 12.2 Å². The zero-order valence-corrected chi connectivity index (χ0v) is 12.2. The molecule has 0 radical (unpaired) electrons. The van der Waals surface area contributed by atoms with Crippen LogP contribution in [-0.2, 0) is 19.6 Å². The van der Waals surface area contributed by atoms with E-state index >= 15 is 0 Å². The molecule has 0 aromatic heterocycles. The first-order chi connectivity index (χ1) is 7.96. The Morgan fingerprint density at radius 3 is 2.33 bits per heavy atom. The Hall–Kier alpha value is -0.920. The molecule has 0 saturated heterocycles. The molecule has 106 valence electrons. The second-order valence-electron chi connectivity index (χ2n) is 5.04. The molecule has 0 spiro atoms. The monoisotopic (exact) mass is 280 g/mol. The molecule has 1 unspecified atom stereocenters. The van der Waals surface area contributed by atoms with Gasteiger partial charge in [-0.2, -0.15) is 8.42 Å². The van der Waals surface area contributed by atoms with Crippen molar-refractivity contribution in [3.8, 4) is 0 Å². The molecule has 6 nitrogen and oxygen atoms in total. The van der Waals surface area contributed by atoms with E-state index < -0.39 is 16.1 Å². The van der Waals surface area contributed by atoms with Gasteiger partial charge in [-0.25, -0.2) is 4.79 Å². The van der Waals surface area contributed by atoms with Crippen LogP contribution in [0.1, 0.15) is 20.3 Å². The molecular weight excluding hydrogens is 258 g/mol. The van der Waals surface area contributed by atoms with E-state index in [-0.39, 0.29) is 24.9 Å². The number of carbonyl (C=O) groups excluding carboxylic acids is 1. The molecule has 18 heavy (non-hydrogen) atoms. The summed E-state index contributed by atoms with van der Waals surface area (Å²) in [6, 6.07) is -0.0788. The smallest absolute Gasteiger partial charge is 0.337 e. The lowest BCUT2D eigenvalue weighted by Gasteiger charge is -2.34. The molecule has 0 bridgehead atoms. The number of quaternary nitrogens is 1. The van der Waals surface area contributed by atoms with Gasteiger partial charge in [-0.05, 0) is 13.8 Å². The minimum absolute atomic E-state index is 0.0788. The predicted octanol–water partition coefficient (Wildman–Crippen LogP) is 0.806. The van der Waals surface area contributed by atoms with E-state index in [1.807, 2.05) is 21.0 Å². The summed E-state index contributed by atoms with van der Waals surface area (Å²) in [5.74, 6) is -0.771. The highest BCUT2D eigenvalue weighted by Gasteiger charge is 2.26. The number of nitrogens with zero attached hydrogens (tertiary/aromatic N) is 1. The Kier molecular flexibility index (Phi) is 5.98. The quantitative estimate of drug-likeness (QED) is 0.245. The number of hydrogen-bond acceptors (Lipinski definition) is 4. The molecule has 0 aliphatic rings. The largest absolute Gasteiger partial charge is 0.412 e. The molecule has 0 aromatic carbocycles. The van der Waals surface area contributed by atoms with Crippen LogP contribution in [0, 0.1) is 0 Å². The Bertz CT molecular complexity index is 413. The molecule has 0 rings (SSSR count). The first kappa shape index (κ1) is 17.1. The third-order valence-corrected chi connectivity index (χ3v) is 3.62. The minimum Gasteiger partial charge on any atom is -0.412 e. The van der Waals surface area contributed by atoms with Crippen molar-refractivity contribution in [3.05, 3.63) is 12.2 Å². The van der Waals surface area contributed by atoms with Gasteiger partial charge < -0.3 is 4.74 Å². The number of carbonyl (C=O) groups is 1. The van der Waals surface area contributed by atoms with Crippen molar-refractivity contribution in [1.29, 1.82) is 0 Å². The van der Waals surface area contributed by atoms with E-state index in [2.05, 4.69) is 6.58 Å². The normalized spacial score (nSPS) is 14.1. The number of rotatable bonds is 7. The standard InChI is InChI=1S/C11H21NO5S/c1-9(2)11(13)17-8-12(4,5)10(3)6-7-18(14,15)16/h10H,1,6-8H2,2-5H3/p+1. The van der Waals surface area contributed by atoms with Crippen molar-refractivity contribution in [2.45, 2.75) is 26.3 Å². The molecule has 0 aliphatic heterocycles. The summed E-state index contributed by atoms with van der Waals surface area (Å²) in [4.78, 5) is 11.3. The molecule has 1 N–H and O–H groups in total. The average Bonchev–Trinajstić information content (AvgIpc) is 2.21. The van der Waals surface area contributed by atoms with E-state index in [1.165, 1.54) is 0 Å². The van der Waals surface area contributed by atoms with Crippen molar-refractivity contribution in [2.75, 3.05) is 26.6 Å². The topological polar surface area (TPSA) is 80.7 Å². The lowest BCUT2D eigenvalue weighted by atomic mass is 10.2. The lowest BCUT2D eigenvalue weighted by Crippen LogP contribution is -2.49. The molecule has 0 amide bonds. The molecule has 0 aromatic rings. The van der Waals surface area contributed by atoms with Gasteiger partial charge in [-0.1, -0.05) is 6.58 Å². The fraction of sp³-hybridized carbons (Fsp3) is 0.727. The van der Waals surface area contributed by atoms with E-state index in [4.69, 9.17) is 9.29 Å². The van der Waals surface area contributed by atoms with E-state index in [0.29, 0.717) is 10.1 Å². The first-order valence-corrected chi connectivity index (χ1v) is 7.17. The fourth-order valence-corrected chi connectivity index (χ4v) is 1.78. The number of esters is 1. The molecule has 1 atom stereocenters. The van der Waals surface area contributed by atoms with Crippen LogP contribution in [0.25, 0.3) is 0 Å². The Morgan fingerprint density at radius 2 is 1.94 bits per heavy atom. The SMILES string of the molecule is C=C(C)C(=O)OC[N+](C)(C)C(C)CCS(=O)(=O)O. The minimum atomic E-state index is -3.96. The van der Waals surface area contributed by atoms with Crippen LogP contribution in [0.2, 0.25) is 0 Å². The third kappa shape index (κ3) is 6.73. The van der Waals surface area contributed by atoms with Gasteiger partial charge in [0, 0.05) is 12.0 Å². The average molecular weight is 280 g/mol. The maximum absolute atomic E-state index is 11.3. The van der Waals surface area contributed by atoms with Gasteiger partial charge in [-0.3, -0.25) is 9.04 Å².